The van der Waals surface area contributed by atoms with E-state index < -0.39 is 16.6 Å². The number of allylic oxidation sites excluding steroid dienone is 1. The van der Waals surface area contributed by atoms with E-state index in [-0.39, 0.29) is 29.5 Å². The molecular weight excluding hydrogens is 404 g/mol. The quantitative estimate of drug-likeness (QED) is 0.338. The number of carbonyl (C=O) groups excluding carboxylic acids is 1. The van der Waals surface area contributed by atoms with Crippen LogP contribution in [0.4, 0.5) is 23.1 Å². The number of furan rings is 1. The molecule has 0 saturated heterocycles. The van der Waals surface area contributed by atoms with Crippen LogP contribution in [0, 0.1) is 10.1 Å². The van der Waals surface area contributed by atoms with Crippen LogP contribution in [-0.2, 0) is 4.74 Å². The summed E-state index contributed by atoms with van der Waals surface area (Å²) in [6, 6.07) is 9.10. The molecule has 1 aromatic carbocycles. The largest absolute Gasteiger partial charge is 0.504 e. The molecule has 4 rings (SSSR count). The second-order valence-electron chi connectivity index (χ2n) is 6.40. The van der Waals surface area contributed by atoms with Gasteiger partial charge in [0.1, 0.15) is 0 Å². The summed E-state index contributed by atoms with van der Waals surface area (Å²) in [5.74, 6) is -0.681. The van der Waals surface area contributed by atoms with Gasteiger partial charge in [-0.25, -0.2) is 14.8 Å². The molecule has 0 spiro atoms. The first-order chi connectivity index (χ1) is 15.0. The Labute approximate surface area is 175 Å². The number of aliphatic imine (C=N–C) groups is 1. The number of benzene rings is 1. The molecular formula is C21H16N4O6. The van der Waals surface area contributed by atoms with Crippen LogP contribution in [0.5, 0.6) is 5.75 Å². The van der Waals surface area contributed by atoms with E-state index in [0.717, 1.165) is 5.56 Å². The fourth-order valence-electron chi connectivity index (χ4n) is 3.00. The van der Waals surface area contributed by atoms with Crippen molar-refractivity contribution in [2.24, 2.45) is 4.99 Å². The number of nitrogens with zero attached hydrogens (tertiary/aromatic N) is 3. The number of hydrogen-bond acceptors (Lipinski definition) is 9. The molecule has 0 unspecified atom stereocenters. The second kappa shape index (κ2) is 8.11. The number of ether oxygens (including phenoxy) is 1. The number of aromatic nitrogens is 1. The number of nitrogens with one attached hydrogen (secondary N) is 1. The van der Waals surface area contributed by atoms with Crippen molar-refractivity contribution >= 4 is 46.9 Å². The number of nitro benzene ring substituents is 1. The summed E-state index contributed by atoms with van der Waals surface area (Å²) >= 11 is 0. The van der Waals surface area contributed by atoms with Gasteiger partial charge in [-0.15, -0.1) is 0 Å². The summed E-state index contributed by atoms with van der Waals surface area (Å²) in [4.78, 5) is 31.1. The summed E-state index contributed by atoms with van der Waals surface area (Å²) in [5, 5.41) is 24.4. The number of non-ortho nitro benzene ring substituents is 1. The Bertz CT molecular complexity index is 1230. The Morgan fingerprint density at radius 3 is 2.81 bits per heavy atom. The van der Waals surface area contributed by atoms with Crippen LogP contribution in [0.2, 0.25) is 0 Å². The number of carbonyl (C=O) groups is 1. The van der Waals surface area contributed by atoms with Gasteiger partial charge in [0.15, 0.2) is 22.9 Å². The van der Waals surface area contributed by atoms with E-state index in [1.807, 2.05) is 6.07 Å². The van der Waals surface area contributed by atoms with Crippen molar-refractivity contribution in [1.29, 1.82) is 0 Å². The summed E-state index contributed by atoms with van der Waals surface area (Å²) in [6.07, 6.45) is 4.73. The van der Waals surface area contributed by atoms with Gasteiger partial charge in [-0.2, -0.15) is 0 Å². The third-order valence-corrected chi connectivity index (χ3v) is 4.44. The molecule has 1 aliphatic heterocycles. The van der Waals surface area contributed by atoms with E-state index in [4.69, 9.17) is 9.15 Å². The molecule has 0 fully saturated rings. The third-order valence-electron chi connectivity index (χ3n) is 4.44. The number of nitro groups is 1. The van der Waals surface area contributed by atoms with Crippen LogP contribution in [0.1, 0.15) is 28.6 Å². The number of esters is 1. The lowest BCUT2D eigenvalue weighted by atomic mass is 10.1. The smallest absolute Gasteiger partial charge is 0.347 e. The molecule has 3 heterocycles. The zero-order chi connectivity index (χ0) is 22.0. The standard InChI is InChI=1S/C21H16N4O6/c1-2-30-21(27)17-18(26)16(10-12-11-23-19-15(12)4-3-9-22-19)31-20(17)24-13-5-7-14(8-6-13)25(28)29/h3-11,24,26H,2H2,1H3. The highest BCUT2D eigenvalue weighted by molar-refractivity contribution is 6.21. The molecule has 10 heteroatoms. The Kier molecular flexibility index (Phi) is 5.19. The fraction of sp³-hybridized carbons (Fsp3) is 0.0952. The van der Waals surface area contributed by atoms with E-state index in [1.165, 1.54) is 30.3 Å². The van der Waals surface area contributed by atoms with Gasteiger partial charge in [-0.3, -0.25) is 10.1 Å². The van der Waals surface area contributed by atoms with Gasteiger partial charge in [0.05, 0.1) is 11.5 Å². The Morgan fingerprint density at radius 1 is 1.32 bits per heavy atom. The molecule has 10 nitrogen and oxygen atoms in total. The first-order valence-electron chi connectivity index (χ1n) is 9.23. The maximum atomic E-state index is 12.4. The van der Waals surface area contributed by atoms with Gasteiger partial charge in [-0.1, -0.05) is 0 Å². The topological polar surface area (TPSA) is 140 Å². The zero-order valence-electron chi connectivity index (χ0n) is 16.2. The third kappa shape index (κ3) is 3.86. The maximum absolute atomic E-state index is 12.4. The first-order valence-corrected chi connectivity index (χ1v) is 9.23. The van der Waals surface area contributed by atoms with Gasteiger partial charge in [0.2, 0.25) is 5.88 Å². The minimum atomic E-state index is -0.778. The normalized spacial score (nSPS) is 13.3. The number of aromatic hydroxyl groups is 1. The van der Waals surface area contributed by atoms with Crippen LogP contribution in [0.15, 0.2) is 52.0 Å². The molecule has 0 aliphatic carbocycles. The summed E-state index contributed by atoms with van der Waals surface area (Å²) in [5.41, 5.74) is 1.54. The molecule has 0 radical (unpaired) electrons. The Balaban J connectivity index is 1.73. The lowest BCUT2D eigenvalue weighted by Gasteiger charge is -2.05. The van der Waals surface area contributed by atoms with Gasteiger partial charge in [-0.05, 0) is 37.3 Å². The van der Waals surface area contributed by atoms with Crippen LogP contribution in [0.3, 0.4) is 0 Å². The van der Waals surface area contributed by atoms with E-state index in [1.54, 1.807) is 25.4 Å². The van der Waals surface area contributed by atoms with Gasteiger partial charge in [0.25, 0.3) is 5.69 Å². The van der Waals surface area contributed by atoms with E-state index in [9.17, 15) is 20.0 Å². The first kappa shape index (κ1) is 19.8. The molecule has 0 saturated carbocycles. The van der Waals surface area contributed by atoms with Crippen LogP contribution in [0.25, 0.3) is 11.6 Å². The molecule has 156 valence electrons. The molecule has 2 N–H and O–H groups in total. The molecule has 1 aliphatic rings. The minimum Gasteiger partial charge on any atom is -0.504 e. The highest BCUT2D eigenvalue weighted by atomic mass is 16.6. The predicted octanol–water partition coefficient (Wildman–Crippen LogP) is 4.47. The average molecular weight is 420 g/mol. The molecule has 31 heavy (non-hydrogen) atoms. The lowest BCUT2D eigenvalue weighted by molar-refractivity contribution is -0.384. The zero-order valence-corrected chi connectivity index (χ0v) is 16.2. The lowest BCUT2D eigenvalue weighted by Crippen LogP contribution is -2.06. The minimum absolute atomic E-state index is 0.0191. The monoisotopic (exact) mass is 420 g/mol. The fourth-order valence-corrected chi connectivity index (χ4v) is 3.00. The molecule has 3 aromatic rings. The summed E-state index contributed by atoms with van der Waals surface area (Å²) < 4.78 is 10.7. The number of hydrogen-bond donors (Lipinski definition) is 2. The van der Waals surface area contributed by atoms with E-state index in [2.05, 4.69) is 15.3 Å². The number of rotatable bonds is 6. The van der Waals surface area contributed by atoms with Crippen LogP contribution < -0.4 is 5.32 Å². The van der Waals surface area contributed by atoms with Crippen molar-refractivity contribution < 1.29 is 24.0 Å². The van der Waals surface area contributed by atoms with E-state index in [0.29, 0.717) is 17.1 Å². The van der Waals surface area contributed by atoms with Gasteiger partial charge in [0, 0.05) is 41.4 Å². The second-order valence-corrected chi connectivity index (χ2v) is 6.40. The van der Waals surface area contributed by atoms with Crippen molar-refractivity contribution in [2.45, 2.75) is 6.92 Å². The predicted molar refractivity (Wildman–Crippen MR) is 113 cm³/mol. The molecule has 2 aromatic heterocycles. The van der Waals surface area contributed by atoms with Crippen LogP contribution in [-0.4, -0.2) is 33.8 Å². The van der Waals surface area contributed by atoms with Gasteiger partial charge >= 0.3 is 5.97 Å². The average Bonchev–Trinajstić information content (AvgIpc) is 3.30. The summed E-state index contributed by atoms with van der Waals surface area (Å²) in [6.45, 7) is 1.74. The maximum Gasteiger partial charge on any atom is 0.347 e. The van der Waals surface area contributed by atoms with E-state index >= 15 is 0 Å². The van der Waals surface area contributed by atoms with Crippen molar-refractivity contribution in [3.63, 3.8) is 0 Å². The van der Waals surface area contributed by atoms with Crippen molar-refractivity contribution in [3.05, 3.63) is 69.6 Å². The molecule has 0 bridgehead atoms. The van der Waals surface area contributed by atoms with Crippen molar-refractivity contribution in [2.75, 3.05) is 11.9 Å². The van der Waals surface area contributed by atoms with Crippen molar-refractivity contribution in [1.82, 2.24) is 4.98 Å². The molecule has 0 atom stereocenters. The highest BCUT2D eigenvalue weighted by Gasteiger charge is 2.27. The van der Waals surface area contributed by atoms with Crippen LogP contribution >= 0.6 is 0 Å². The Hall–Kier alpha value is -4.47. The number of anilines is 2. The highest BCUT2D eigenvalue weighted by Crippen LogP contribution is 2.39. The number of fused-ring (bicyclic) bond motifs is 1. The van der Waals surface area contributed by atoms with Gasteiger partial charge < -0.3 is 19.6 Å². The Morgan fingerprint density at radius 2 is 2.10 bits per heavy atom. The molecule has 0 amide bonds. The summed E-state index contributed by atoms with van der Waals surface area (Å²) in [7, 11) is 0. The number of pyridine rings is 1. The van der Waals surface area contributed by atoms with Crippen molar-refractivity contribution in [3.8, 4) is 5.75 Å². The SMILES string of the molecule is CCOC(=O)c1c(Nc2ccc([N+](=O)[O-])cc2)oc(C=C2C=Nc3ncccc32)c1O.